The number of nitrogens with one attached hydrogen (secondary N) is 1. The quantitative estimate of drug-likeness (QED) is 0.0272. The molecule has 2 N–H and O–H groups in total. The number of likely N-dealkylation sites (N-methyl/N-ethyl adjacent to an activating group) is 1. The molecule has 8 nitrogen and oxygen atoms in total. The monoisotopic (exact) mass is 1190 g/mol. The van der Waals surface area contributed by atoms with E-state index < -0.39 is 26.6 Å². The number of nitrogens with zero attached hydrogens (tertiary/aromatic N) is 1. The van der Waals surface area contributed by atoms with Crippen LogP contribution in [0.1, 0.15) is 367 Å². The molecule has 0 spiro atoms. The molecule has 0 saturated heterocycles. The van der Waals surface area contributed by atoms with E-state index in [1.54, 1.807) is 6.08 Å². The van der Waals surface area contributed by atoms with E-state index in [4.69, 9.17) is 9.05 Å². The summed E-state index contributed by atoms with van der Waals surface area (Å²) in [5.74, 6) is -0.204. The molecule has 0 aliphatic heterocycles. The van der Waals surface area contributed by atoms with Gasteiger partial charge in [-0.1, -0.05) is 339 Å². The number of carbonyl (C=O) groups is 1. The number of rotatable bonds is 68. The number of unbranched alkanes of at least 4 members (excludes halogenated alkanes) is 49. The second-order valence-electron chi connectivity index (χ2n) is 26.3. The summed E-state index contributed by atoms with van der Waals surface area (Å²) in [5.41, 5.74) is 0. The molecule has 0 saturated carbocycles. The van der Waals surface area contributed by atoms with Gasteiger partial charge in [0.05, 0.1) is 39.9 Å². The highest BCUT2D eigenvalue weighted by Gasteiger charge is 2.23. The van der Waals surface area contributed by atoms with Gasteiger partial charge >= 0.3 is 0 Å². The largest absolute Gasteiger partial charge is 0.756 e. The maximum atomic E-state index is 13.0. The van der Waals surface area contributed by atoms with Crippen molar-refractivity contribution in [1.82, 2.24) is 5.32 Å². The molecule has 0 aromatic heterocycles. The smallest absolute Gasteiger partial charge is 0.268 e. The van der Waals surface area contributed by atoms with Gasteiger partial charge in [-0.15, -0.1) is 0 Å². The number of phosphoric acid groups is 1. The number of carbonyl (C=O) groups excluding carboxylic acids is 1. The Morgan fingerprint density at radius 1 is 0.410 bits per heavy atom. The van der Waals surface area contributed by atoms with Gasteiger partial charge in [0.1, 0.15) is 13.2 Å². The van der Waals surface area contributed by atoms with E-state index in [1.807, 2.05) is 27.2 Å². The molecule has 3 unspecified atom stereocenters. The maximum Gasteiger partial charge on any atom is 0.268 e. The van der Waals surface area contributed by atoms with Crippen LogP contribution in [0.25, 0.3) is 0 Å². The highest BCUT2D eigenvalue weighted by molar-refractivity contribution is 7.45. The predicted octanol–water partition coefficient (Wildman–Crippen LogP) is 22.8. The molecular weight excluding hydrogens is 1040 g/mol. The van der Waals surface area contributed by atoms with Crippen LogP contribution in [0.15, 0.2) is 48.6 Å². The summed E-state index contributed by atoms with van der Waals surface area (Å²) in [6.45, 7) is 4.67. The fourth-order valence-electron chi connectivity index (χ4n) is 11.1. The Kier molecular flexibility index (Phi) is 63.7. The zero-order valence-electron chi connectivity index (χ0n) is 56.2. The van der Waals surface area contributed by atoms with E-state index in [9.17, 15) is 19.4 Å². The number of quaternary nitrogens is 1. The fraction of sp³-hybridized carbons (Fsp3) is 0.878. The molecular formula is C74H143N2O6P. The van der Waals surface area contributed by atoms with Crippen LogP contribution in [-0.4, -0.2) is 68.5 Å². The topological polar surface area (TPSA) is 108 Å². The van der Waals surface area contributed by atoms with E-state index in [-0.39, 0.29) is 12.5 Å². The van der Waals surface area contributed by atoms with Crippen molar-refractivity contribution in [1.29, 1.82) is 0 Å². The van der Waals surface area contributed by atoms with Gasteiger partial charge < -0.3 is 28.8 Å². The minimum atomic E-state index is -4.61. The molecule has 0 aliphatic rings. The molecule has 9 heteroatoms. The first-order valence-electron chi connectivity index (χ1n) is 36.5. The number of amides is 1. The SMILES string of the molecule is CCCCCCCCCC/C=C\CCCCCCCCCCCCCCCCCCCCCCCCCCCCCC(=O)NC(COP(=O)([O-])OCC[N+](C)(C)C)C(O)/C=C/CC/C=C/CC/C=C/CCCCCCCCCCCCCC. The molecule has 3 atom stereocenters. The summed E-state index contributed by atoms with van der Waals surface area (Å²) in [7, 11) is 1.25. The minimum Gasteiger partial charge on any atom is -0.756 e. The predicted molar refractivity (Wildman–Crippen MR) is 362 cm³/mol. The lowest BCUT2D eigenvalue weighted by Gasteiger charge is -2.29. The fourth-order valence-corrected chi connectivity index (χ4v) is 11.8. The van der Waals surface area contributed by atoms with Crippen molar-refractivity contribution in [2.24, 2.45) is 0 Å². The van der Waals surface area contributed by atoms with Crippen LogP contribution in [0.2, 0.25) is 0 Å². The molecule has 0 heterocycles. The summed E-state index contributed by atoms with van der Waals surface area (Å²) < 4.78 is 23.4. The Hall–Kier alpha value is -1.54. The van der Waals surface area contributed by atoms with Crippen molar-refractivity contribution in [3.8, 4) is 0 Å². The van der Waals surface area contributed by atoms with Crippen LogP contribution < -0.4 is 10.2 Å². The third-order valence-electron chi connectivity index (χ3n) is 16.7. The molecule has 0 rings (SSSR count). The lowest BCUT2D eigenvalue weighted by molar-refractivity contribution is -0.870. The van der Waals surface area contributed by atoms with E-state index in [0.29, 0.717) is 17.4 Å². The average Bonchev–Trinajstić information content (AvgIpc) is 3.50. The normalized spacial score (nSPS) is 13.9. The minimum absolute atomic E-state index is 0.00779. The average molecular weight is 1190 g/mol. The lowest BCUT2D eigenvalue weighted by Crippen LogP contribution is -2.45. The first-order valence-corrected chi connectivity index (χ1v) is 38.0. The van der Waals surface area contributed by atoms with E-state index in [1.165, 1.54) is 302 Å². The Morgan fingerprint density at radius 2 is 0.675 bits per heavy atom. The molecule has 0 fully saturated rings. The van der Waals surface area contributed by atoms with Gasteiger partial charge in [-0.25, -0.2) is 0 Å². The molecule has 490 valence electrons. The van der Waals surface area contributed by atoms with Gasteiger partial charge in [-0.3, -0.25) is 9.36 Å². The van der Waals surface area contributed by atoms with Crippen molar-refractivity contribution >= 4 is 13.7 Å². The maximum absolute atomic E-state index is 13.0. The molecule has 0 aromatic rings. The van der Waals surface area contributed by atoms with E-state index in [2.05, 4.69) is 55.6 Å². The number of hydrogen-bond acceptors (Lipinski definition) is 6. The summed E-state index contributed by atoms with van der Waals surface area (Å²) in [4.78, 5) is 25.6. The van der Waals surface area contributed by atoms with Gasteiger partial charge in [0.2, 0.25) is 5.91 Å². The van der Waals surface area contributed by atoms with Crippen LogP contribution >= 0.6 is 7.82 Å². The van der Waals surface area contributed by atoms with Gasteiger partial charge in [-0.05, 0) is 70.6 Å². The lowest BCUT2D eigenvalue weighted by atomic mass is 10.0. The Morgan fingerprint density at radius 3 is 0.976 bits per heavy atom. The van der Waals surface area contributed by atoms with Crippen LogP contribution in [-0.2, 0) is 18.4 Å². The third kappa shape index (κ3) is 67.8. The standard InChI is InChI=1S/C74H143N2O6P/c1-6-8-10-12-14-16-18-20-22-24-26-28-30-31-32-33-34-35-36-37-38-39-40-41-42-43-44-45-46-48-50-52-54-56-58-60-62-64-66-68-74(78)75-72(71-82-83(79,80)81-70-69-76(3,4)5)73(77)67-65-63-61-59-57-55-53-51-49-47-29-27-25-23-21-19-17-15-13-11-9-7-2/h24,26,49,51,57,59,65,67,72-73,77H,6-23,25,27-48,50,52-56,58,60-64,66,68-71H2,1-5H3,(H-,75,78,79,80)/b26-24-,51-49+,59-57+,67-65+. The highest BCUT2D eigenvalue weighted by atomic mass is 31.2. The van der Waals surface area contributed by atoms with Gasteiger partial charge in [0.25, 0.3) is 7.82 Å². The van der Waals surface area contributed by atoms with Crippen LogP contribution in [0.4, 0.5) is 0 Å². The summed E-state index contributed by atoms with van der Waals surface area (Å²) in [6.07, 6.45) is 88.4. The van der Waals surface area contributed by atoms with Gasteiger partial charge in [-0.2, -0.15) is 0 Å². The highest BCUT2D eigenvalue weighted by Crippen LogP contribution is 2.38. The molecule has 1 amide bonds. The summed E-state index contributed by atoms with van der Waals surface area (Å²) >= 11 is 0. The summed E-state index contributed by atoms with van der Waals surface area (Å²) in [5, 5.41) is 13.9. The molecule has 0 aromatic carbocycles. The Labute approximate surface area is 518 Å². The zero-order chi connectivity index (χ0) is 60.5. The molecule has 0 radical (unpaired) electrons. The van der Waals surface area contributed by atoms with Gasteiger partial charge in [0, 0.05) is 6.42 Å². The van der Waals surface area contributed by atoms with Crippen molar-refractivity contribution in [2.75, 3.05) is 40.9 Å². The van der Waals surface area contributed by atoms with E-state index >= 15 is 0 Å². The van der Waals surface area contributed by atoms with Crippen molar-refractivity contribution < 1.29 is 32.9 Å². The summed E-state index contributed by atoms with van der Waals surface area (Å²) in [6, 6.07) is -0.910. The zero-order valence-corrected chi connectivity index (χ0v) is 57.1. The number of aliphatic hydroxyl groups is 1. The van der Waals surface area contributed by atoms with Crippen LogP contribution in [0.5, 0.6) is 0 Å². The van der Waals surface area contributed by atoms with Crippen molar-refractivity contribution in [3.63, 3.8) is 0 Å². The van der Waals surface area contributed by atoms with Crippen LogP contribution in [0, 0.1) is 0 Å². The van der Waals surface area contributed by atoms with E-state index in [0.717, 1.165) is 44.9 Å². The van der Waals surface area contributed by atoms with Gasteiger partial charge in [0.15, 0.2) is 0 Å². The van der Waals surface area contributed by atoms with Crippen molar-refractivity contribution in [3.05, 3.63) is 48.6 Å². The number of aliphatic hydroxyl groups excluding tert-OH is 1. The molecule has 0 aliphatic carbocycles. The van der Waals surface area contributed by atoms with Crippen LogP contribution in [0.3, 0.4) is 0 Å². The first kappa shape index (κ1) is 81.5. The number of phosphoric ester groups is 1. The Balaban J connectivity index is 3.97. The number of hydrogen-bond donors (Lipinski definition) is 2. The Bertz CT molecular complexity index is 1490. The second-order valence-corrected chi connectivity index (χ2v) is 27.7. The molecule has 0 bridgehead atoms. The number of allylic oxidation sites excluding steroid dienone is 7. The first-order chi connectivity index (χ1) is 40.5. The third-order valence-corrected chi connectivity index (χ3v) is 17.7. The second kappa shape index (κ2) is 64.9. The van der Waals surface area contributed by atoms with Crippen molar-refractivity contribution in [2.45, 2.75) is 379 Å². The molecule has 83 heavy (non-hydrogen) atoms.